The summed E-state index contributed by atoms with van der Waals surface area (Å²) < 4.78 is 42.8. The Labute approximate surface area is 174 Å². The number of halogens is 3. The number of fused-ring (bicyclic) bond motifs is 1. The van der Waals surface area contributed by atoms with Crippen LogP contribution in [0.4, 0.5) is 24.8 Å². The van der Waals surface area contributed by atoms with E-state index in [-0.39, 0.29) is 22.6 Å². The van der Waals surface area contributed by atoms with Crippen LogP contribution in [0.3, 0.4) is 0 Å². The Kier molecular flexibility index (Phi) is 5.07. The number of benzene rings is 2. The van der Waals surface area contributed by atoms with E-state index < -0.39 is 17.6 Å². The zero-order valence-electron chi connectivity index (χ0n) is 16.1. The van der Waals surface area contributed by atoms with Gasteiger partial charge in [0.05, 0.1) is 16.6 Å². The lowest BCUT2D eigenvalue weighted by atomic mass is 10.00. The predicted molar refractivity (Wildman–Crippen MR) is 108 cm³/mol. The van der Waals surface area contributed by atoms with Gasteiger partial charge >= 0.3 is 6.18 Å². The average molecular weight is 427 g/mol. The lowest BCUT2D eigenvalue weighted by molar-refractivity contribution is -0.137. The van der Waals surface area contributed by atoms with Crippen molar-refractivity contribution < 1.29 is 23.2 Å². The molecule has 0 saturated heterocycles. The molecule has 31 heavy (non-hydrogen) atoms. The number of amides is 1. The third-order valence-corrected chi connectivity index (χ3v) is 4.78. The summed E-state index contributed by atoms with van der Waals surface area (Å²) in [7, 11) is 1.59. The lowest BCUT2D eigenvalue weighted by Crippen LogP contribution is -2.18. The third kappa shape index (κ3) is 3.92. The molecule has 0 aliphatic carbocycles. The summed E-state index contributed by atoms with van der Waals surface area (Å²) in [5, 5.41) is 11.8. The molecular formula is C21H16F3N5O2. The van der Waals surface area contributed by atoms with E-state index in [4.69, 9.17) is 5.21 Å². The standard InChI is InChI=1S/C21H16F3N5O2/c1-29-18-10-16(21(22,23)24)15(13-5-3-7-25-11-13)9-17(18)27-20(29)26-14-6-2-4-12(8-14)19(30)28-31/h2-11,31H,1H3,(H,26,27)(H,28,30). The number of hydroxylamine groups is 1. The Balaban J connectivity index is 1.81. The number of carbonyl (C=O) groups is 1. The van der Waals surface area contributed by atoms with Gasteiger partial charge in [-0.15, -0.1) is 0 Å². The maximum absolute atomic E-state index is 13.8. The molecule has 2 aromatic carbocycles. The molecule has 1 amide bonds. The molecule has 0 fully saturated rings. The molecule has 0 saturated carbocycles. The first kappa shape index (κ1) is 20.4. The Morgan fingerprint density at radius 2 is 1.94 bits per heavy atom. The number of pyridine rings is 1. The molecule has 0 bridgehead atoms. The quantitative estimate of drug-likeness (QED) is 0.329. The van der Waals surface area contributed by atoms with Crippen molar-refractivity contribution in [2.75, 3.05) is 5.32 Å². The van der Waals surface area contributed by atoms with E-state index >= 15 is 0 Å². The van der Waals surface area contributed by atoms with Gasteiger partial charge in [-0.1, -0.05) is 12.1 Å². The number of hydrogen-bond donors (Lipinski definition) is 3. The van der Waals surface area contributed by atoms with Gasteiger partial charge in [0.2, 0.25) is 5.95 Å². The number of carbonyl (C=O) groups excluding carboxylic acids is 1. The Hall–Kier alpha value is -3.92. The second-order valence-electron chi connectivity index (χ2n) is 6.77. The number of aryl methyl sites for hydroxylation is 1. The van der Waals surface area contributed by atoms with Gasteiger partial charge in [0.25, 0.3) is 5.91 Å². The smallest absolute Gasteiger partial charge is 0.326 e. The molecule has 4 aromatic rings. The SMILES string of the molecule is Cn1c(Nc2cccc(C(=O)NO)c2)nc2cc(-c3cccnc3)c(C(F)(F)F)cc21. The minimum absolute atomic E-state index is 0.0145. The van der Waals surface area contributed by atoms with Crippen LogP contribution in [0.2, 0.25) is 0 Å². The Bertz CT molecular complexity index is 1270. The van der Waals surface area contributed by atoms with E-state index in [1.54, 1.807) is 36.8 Å². The highest BCUT2D eigenvalue weighted by Crippen LogP contribution is 2.39. The molecule has 2 heterocycles. The average Bonchev–Trinajstić information content (AvgIpc) is 3.07. The van der Waals surface area contributed by atoms with Gasteiger partial charge in [-0.25, -0.2) is 10.5 Å². The van der Waals surface area contributed by atoms with Crippen LogP contribution in [0.25, 0.3) is 22.2 Å². The minimum Gasteiger partial charge on any atom is -0.326 e. The summed E-state index contributed by atoms with van der Waals surface area (Å²) >= 11 is 0. The summed E-state index contributed by atoms with van der Waals surface area (Å²) in [6.07, 6.45) is -1.71. The van der Waals surface area contributed by atoms with Crippen molar-refractivity contribution >= 4 is 28.6 Å². The zero-order chi connectivity index (χ0) is 22.2. The zero-order valence-corrected chi connectivity index (χ0v) is 16.1. The van der Waals surface area contributed by atoms with Crippen LogP contribution in [-0.4, -0.2) is 25.6 Å². The van der Waals surface area contributed by atoms with Gasteiger partial charge in [-0.2, -0.15) is 13.2 Å². The first-order valence-electron chi connectivity index (χ1n) is 9.07. The van der Waals surface area contributed by atoms with Crippen LogP contribution in [0, 0.1) is 0 Å². The van der Waals surface area contributed by atoms with E-state index in [1.807, 2.05) is 0 Å². The summed E-state index contributed by atoms with van der Waals surface area (Å²) in [4.78, 5) is 20.0. The largest absolute Gasteiger partial charge is 0.417 e. The van der Waals surface area contributed by atoms with Crippen LogP contribution in [0.15, 0.2) is 60.9 Å². The lowest BCUT2D eigenvalue weighted by Gasteiger charge is -2.13. The van der Waals surface area contributed by atoms with Crippen LogP contribution in [-0.2, 0) is 13.2 Å². The number of nitrogens with one attached hydrogen (secondary N) is 2. The third-order valence-electron chi connectivity index (χ3n) is 4.78. The molecule has 0 unspecified atom stereocenters. The van der Waals surface area contributed by atoms with E-state index in [9.17, 15) is 18.0 Å². The first-order chi connectivity index (χ1) is 14.8. The molecular weight excluding hydrogens is 411 g/mol. The van der Waals surface area contributed by atoms with Crippen molar-refractivity contribution in [3.05, 3.63) is 72.1 Å². The molecule has 0 aliphatic rings. The normalized spacial score (nSPS) is 11.5. The monoisotopic (exact) mass is 427 g/mol. The second-order valence-corrected chi connectivity index (χ2v) is 6.77. The van der Waals surface area contributed by atoms with E-state index in [1.165, 1.54) is 35.2 Å². The number of aromatic nitrogens is 3. The maximum Gasteiger partial charge on any atom is 0.417 e. The number of alkyl halides is 3. The predicted octanol–water partition coefficient (Wildman–Crippen LogP) is 4.52. The summed E-state index contributed by atoms with van der Waals surface area (Å²) in [5.74, 6) is -0.405. The van der Waals surface area contributed by atoms with Crippen LogP contribution in [0.5, 0.6) is 0 Å². The highest BCUT2D eigenvalue weighted by atomic mass is 19.4. The van der Waals surface area contributed by atoms with Crippen molar-refractivity contribution in [1.82, 2.24) is 20.0 Å². The number of anilines is 2. The molecule has 0 radical (unpaired) electrons. The number of nitrogens with zero attached hydrogens (tertiary/aromatic N) is 3. The molecule has 158 valence electrons. The molecule has 0 atom stereocenters. The summed E-state index contributed by atoms with van der Waals surface area (Å²) in [6.45, 7) is 0. The number of rotatable bonds is 4. The van der Waals surface area contributed by atoms with Crippen molar-refractivity contribution in [1.29, 1.82) is 0 Å². The molecule has 0 aliphatic heterocycles. The second kappa shape index (κ2) is 7.73. The van der Waals surface area contributed by atoms with Gasteiger partial charge in [0.1, 0.15) is 0 Å². The topological polar surface area (TPSA) is 92.1 Å². The van der Waals surface area contributed by atoms with Gasteiger partial charge in [-0.05, 0) is 42.0 Å². The fraction of sp³-hybridized carbons (Fsp3) is 0.0952. The molecule has 2 aromatic heterocycles. The van der Waals surface area contributed by atoms with E-state index in [2.05, 4.69) is 15.3 Å². The maximum atomic E-state index is 13.8. The Morgan fingerprint density at radius 3 is 2.61 bits per heavy atom. The highest BCUT2D eigenvalue weighted by molar-refractivity contribution is 5.94. The molecule has 3 N–H and O–H groups in total. The van der Waals surface area contributed by atoms with Crippen LogP contribution >= 0.6 is 0 Å². The fourth-order valence-electron chi connectivity index (χ4n) is 3.28. The van der Waals surface area contributed by atoms with E-state index in [0.29, 0.717) is 16.8 Å². The van der Waals surface area contributed by atoms with Crippen LogP contribution in [0.1, 0.15) is 15.9 Å². The minimum atomic E-state index is -4.57. The van der Waals surface area contributed by atoms with Gasteiger partial charge in [-0.3, -0.25) is 15.0 Å². The summed E-state index contributed by atoms with van der Waals surface area (Å²) in [6, 6.07) is 11.8. The molecule has 4 rings (SSSR count). The van der Waals surface area contributed by atoms with Crippen molar-refractivity contribution in [2.24, 2.45) is 7.05 Å². The number of imidazole rings is 1. The van der Waals surface area contributed by atoms with E-state index in [0.717, 1.165) is 6.07 Å². The molecule has 0 spiro atoms. The van der Waals surface area contributed by atoms with Crippen LogP contribution < -0.4 is 10.8 Å². The summed E-state index contributed by atoms with van der Waals surface area (Å²) in [5.41, 5.74) is 2.40. The van der Waals surface area contributed by atoms with Gasteiger partial charge in [0.15, 0.2) is 0 Å². The fourth-order valence-corrected chi connectivity index (χ4v) is 3.28. The van der Waals surface area contributed by atoms with Crippen molar-refractivity contribution in [3.8, 4) is 11.1 Å². The molecule has 7 nitrogen and oxygen atoms in total. The highest BCUT2D eigenvalue weighted by Gasteiger charge is 2.35. The first-order valence-corrected chi connectivity index (χ1v) is 9.07. The van der Waals surface area contributed by atoms with Gasteiger partial charge < -0.3 is 9.88 Å². The van der Waals surface area contributed by atoms with Crippen molar-refractivity contribution in [2.45, 2.75) is 6.18 Å². The molecule has 10 heteroatoms. The Morgan fingerprint density at radius 1 is 1.13 bits per heavy atom. The number of hydrogen-bond acceptors (Lipinski definition) is 5. The van der Waals surface area contributed by atoms with Gasteiger partial charge in [0, 0.05) is 36.3 Å². The van der Waals surface area contributed by atoms with Crippen molar-refractivity contribution in [3.63, 3.8) is 0 Å².